The minimum absolute atomic E-state index is 0.401. The van der Waals surface area contributed by atoms with Gasteiger partial charge in [-0.15, -0.1) is 6.58 Å². The average molecular weight is 175 g/mol. The molecular formula is C12H17N. The molecule has 0 radical (unpaired) electrons. The van der Waals surface area contributed by atoms with Crippen LogP contribution in [-0.2, 0) is 0 Å². The molecule has 1 aromatic rings. The van der Waals surface area contributed by atoms with E-state index in [-0.39, 0.29) is 0 Å². The lowest BCUT2D eigenvalue weighted by molar-refractivity contribution is 0.617. The molecule has 1 nitrogen and oxygen atoms in total. The molecule has 0 aliphatic heterocycles. The van der Waals surface area contributed by atoms with Gasteiger partial charge in [0.05, 0.1) is 0 Å². The molecule has 13 heavy (non-hydrogen) atoms. The van der Waals surface area contributed by atoms with E-state index in [2.05, 4.69) is 50.0 Å². The summed E-state index contributed by atoms with van der Waals surface area (Å²) in [5, 5.41) is 3.36. The van der Waals surface area contributed by atoms with E-state index < -0.39 is 0 Å². The maximum absolute atomic E-state index is 3.68. The first-order chi connectivity index (χ1) is 6.24. The van der Waals surface area contributed by atoms with E-state index in [0.717, 1.165) is 6.54 Å². The van der Waals surface area contributed by atoms with Crippen molar-refractivity contribution in [2.75, 3.05) is 6.54 Å². The van der Waals surface area contributed by atoms with E-state index in [0.29, 0.717) is 6.04 Å². The van der Waals surface area contributed by atoms with E-state index >= 15 is 0 Å². The lowest BCUT2D eigenvalue weighted by atomic mass is 10.1. The molecule has 0 amide bonds. The van der Waals surface area contributed by atoms with E-state index in [1.165, 1.54) is 11.1 Å². The highest BCUT2D eigenvalue weighted by atomic mass is 14.9. The summed E-state index contributed by atoms with van der Waals surface area (Å²) in [5.74, 6) is 0. The van der Waals surface area contributed by atoms with Crippen LogP contribution in [-0.4, -0.2) is 6.54 Å². The second-order valence-corrected chi connectivity index (χ2v) is 3.33. The van der Waals surface area contributed by atoms with Crippen LogP contribution in [0.3, 0.4) is 0 Å². The first-order valence-electron chi connectivity index (χ1n) is 4.65. The summed E-state index contributed by atoms with van der Waals surface area (Å²) >= 11 is 0. The maximum atomic E-state index is 3.68. The van der Waals surface area contributed by atoms with Crippen LogP contribution in [0, 0.1) is 6.92 Å². The molecular weight excluding hydrogens is 158 g/mol. The highest BCUT2D eigenvalue weighted by Gasteiger charge is 2.02. The van der Waals surface area contributed by atoms with Crippen LogP contribution in [0.1, 0.15) is 24.1 Å². The monoisotopic (exact) mass is 175 g/mol. The summed E-state index contributed by atoms with van der Waals surface area (Å²) in [6, 6.07) is 8.97. The third kappa shape index (κ3) is 3.03. The highest BCUT2D eigenvalue weighted by molar-refractivity contribution is 5.24. The Morgan fingerprint density at radius 3 is 2.92 bits per heavy atom. The fraction of sp³-hybridized carbons (Fsp3) is 0.333. The molecule has 0 aliphatic rings. The van der Waals surface area contributed by atoms with Gasteiger partial charge in [-0.25, -0.2) is 0 Å². The van der Waals surface area contributed by atoms with Gasteiger partial charge in [0.15, 0.2) is 0 Å². The first-order valence-corrected chi connectivity index (χ1v) is 4.65. The molecule has 1 atom stereocenters. The lowest BCUT2D eigenvalue weighted by Crippen LogP contribution is -2.18. The van der Waals surface area contributed by atoms with Gasteiger partial charge < -0.3 is 5.32 Å². The fourth-order valence-electron chi connectivity index (χ4n) is 1.32. The predicted octanol–water partition coefficient (Wildman–Crippen LogP) is 2.83. The van der Waals surface area contributed by atoms with Crippen molar-refractivity contribution < 1.29 is 0 Å². The third-order valence-electron chi connectivity index (χ3n) is 2.11. The number of benzene rings is 1. The normalized spacial score (nSPS) is 12.5. The quantitative estimate of drug-likeness (QED) is 0.694. The van der Waals surface area contributed by atoms with E-state index in [9.17, 15) is 0 Å². The zero-order chi connectivity index (χ0) is 9.68. The lowest BCUT2D eigenvalue weighted by Gasteiger charge is -2.12. The van der Waals surface area contributed by atoms with Crippen molar-refractivity contribution in [3.8, 4) is 0 Å². The number of rotatable bonds is 4. The van der Waals surface area contributed by atoms with Crippen LogP contribution < -0.4 is 5.32 Å². The molecule has 0 aliphatic carbocycles. The van der Waals surface area contributed by atoms with Gasteiger partial charge in [0.25, 0.3) is 0 Å². The molecule has 70 valence electrons. The summed E-state index contributed by atoms with van der Waals surface area (Å²) in [6.07, 6.45) is 1.88. The Balaban J connectivity index is 2.65. The molecule has 1 heteroatoms. The first kappa shape index (κ1) is 10.0. The van der Waals surface area contributed by atoms with E-state index in [1.54, 1.807) is 0 Å². The van der Waals surface area contributed by atoms with Gasteiger partial charge in [-0.3, -0.25) is 0 Å². The van der Waals surface area contributed by atoms with Gasteiger partial charge in [-0.05, 0) is 19.4 Å². The SMILES string of the molecule is C=CCNC(C)c1cccc(C)c1. The van der Waals surface area contributed by atoms with Crippen molar-refractivity contribution in [1.82, 2.24) is 5.32 Å². The Hall–Kier alpha value is -1.08. The maximum Gasteiger partial charge on any atom is 0.0294 e. The molecule has 0 heterocycles. The summed E-state index contributed by atoms with van der Waals surface area (Å²) in [5.41, 5.74) is 2.65. The molecule has 1 N–H and O–H groups in total. The van der Waals surface area contributed by atoms with E-state index in [4.69, 9.17) is 0 Å². The van der Waals surface area contributed by atoms with Crippen molar-refractivity contribution in [2.24, 2.45) is 0 Å². The van der Waals surface area contributed by atoms with Gasteiger partial charge in [0.1, 0.15) is 0 Å². The molecule has 1 aromatic carbocycles. The van der Waals surface area contributed by atoms with Gasteiger partial charge in [-0.1, -0.05) is 35.9 Å². The van der Waals surface area contributed by atoms with Crippen LogP contribution in [0.5, 0.6) is 0 Å². The van der Waals surface area contributed by atoms with Crippen LogP contribution in [0.15, 0.2) is 36.9 Å². The molecule has 1 unspecified atom stereocenters. The Morgan fingerprint density at radius 1 is 1.54 bits per heavy atom. The number of hydrogen-bond acceptors (Lipinski definition) is 1. The molecule has 0 spiro atoms. The summed E-state index contributed by atoms with van der Waals surface area (Å²) in [7, 11) is 0. The van der Waals surface area contributed by atoms with Gasteiger partial charge in [0.2, 0.25) is 0 Å². The molecule has 0 saturated carbocycles. The summed E-state index contributed by atoms with van der Waals surface area (Å²) < 4.78 is 0. The minimum atomic E-state index is 0.401. The fourth-order valence-corrected chi connectivity index (χ4v) is 1.32. The molecule has 1 rings (SSSR count). The van der Waals surface area contributed by atoms with Gasteiger partial charge in [-0.2, -0.15) is 0 Å². The Kier molecular flexibility index (Phi) is 3.71. The molecule has 0 aromatic heterocycles. The zero-order valence-electron chi connectivity index (χ0n) is 8.38. The molecule has 0 fully saturated rings. The second kappa shape index (κ2) is 4.83. The smallest absolute Gasteiger partial charge is 0.0294 e. The summed E-state index contributed by atoms with van der Waals surface area (Å²) in [6.45, 7) is 8.82. The molecule has 0 saturated heterocycles. The Morgan fingerprint density at radius 2 is 2.31 bits per heavy atom. The zero-order valence-corrected chi connectivity index (χ0v) is 8.38. The van der Waals surface area contributed by atoms with Gasteiger partial charge >= 0.3 is 0 Å². The Bertz CT molecular complexity index is 278. The second-order valence-electron chi connectivity index (χ2n) is 3.33. The van der Waals surface area contributed by atoms with Crippen molar-refractivity contribution in [1.29, 1.82) is 0 Å². The van der Waals surface area contributed by atoms with Crippen molar-refractivity contribution >= 4 is 0 Å². The van der Waals surface area contributed by atoms with E-state index in [1.807, 2.05) is 6.08 Å². The van der Waals surface area contributed by atoms with Crippen LogP contribution in [0.25, 0.3) is 0 Å². The number of nitrogens with one attached hydrogen (secondary N) is 1. The number of aryl methyl sites for hydroxylation is 1. The van der Waals surface area contributed by atoms with Crippen molar-refractivity contribution in [2.45, 2.75) is 19.9 Å². The third-order valence-corrected chi connectivity index (χ3v) is 2.11. The average Bonchev–Trinajstić information content (AvgIpc) is 2.14. The van der Waals surface area contributed by atoms with Crippen LogP contribution in [0.4, 0.5) is 0 Å². The largest absolute Gasteiger partial charge is 0.307 e. The molecule has 0 bridgehead atoms. The van der Waals surface area contributed by atoms with Gasteiger partial charge in [0, 0.05) is 12.6 Å². The minimum Gasteiger partial charge on any atom is -0.307 e. The van der Waals surface area contributed by atoms with Crippen molar-refractivity contribution in [3.63, 3.8) is 0 Å². The highest BCUT2D eigenvalue weighted by Crippen LogP contribution is 2.12. The van der Waals surface area contributed by atoms with Crippen LogP contribution in [0.2, 0.25) is 0 Å². The Labute approximate surface area is 80.5 Å². The predicted molar refractivity (Wildman–Crippen MR) is 57.8 cm³/mol. The van der Waals surface area contributed by atoms with Crippen molar-refractivity contribution in [3.05, 3.63) is 48.0 Å². The topological polar surface area (TPSA) is 12.0 Å². The summed E-state index contributed by atoms with van der Waals surface area (Å²) in [4.78, 5) is 0. The standard InChI is InChI=1S/C12H17N/c1-4-8-13-11(3)12-7-5-6-10(2)9-12/h4-7,9,11,13H,1,8H2,2-3H3. The number of hydrogen-bond donors (Lipinski definition) is 1. The van der Waals surface area contributed by atoms with Crippen LogP contribution >= 0.6 is 0 Å².